The molecule has 1 aliphatic heterocycles. The van der Waals surface area contributed by atoms with Gasteiger partial charge in [0, 0.05) is 23.7 Å². The lowest BCUT2D eigenvalue weighted by Crippen LogP contribution is -2.20. The van der Waals surface area contributed by atoms with Crippen molar-refractivity contribution in [2.75, 3.05) is 19.1 Å². The van der Waals surface area contributed by atoms with Crippen molar-refractivity contribution < 1.29 is 9.53 Å². The molecule has 0 fully saturated rings. The first-order valence-corrected chi connectivity index (χ1v) is 7.80. The lowest BCUT2D eigenvalue weighted by molar-refractivity contribution is -0.112. The number of methoxy groups -OCH3 is 1. The Kier molecular flexibility index (Phi) is 3.95. The molecule has 0 saturated carbocycles. The number of rotatable bonds is 3. The number of hydrogen-bond acceptors (Lipinski definition) is 2. The maximum Gasteiger partial charge on any atom is 0.258 e. The number of anilines is 1. The van der Waals surface area contributed by atoms with E-state index in [0.29, 0.717) is 11.5 Å². The van der Waals surface area contributed by atoms with Crippen molar-refractivity contribution in [3.05, 3.63) is 59.2 Å². The van der Waals surface area contributed by atoms with E-state index in [-0.39, 0.29) is 5.91 Å². The van der Waals surface area contributed by atoms with Crippen LogP contribution in [0.2, 0.25) is 0 Å². The van der Waals surface area contributed by atoms with E-state index in [2.05, 4.69) is 26.0 Å². The van der Waals surface area contributed by atoms with E-state index in [1.165, 1.54) is 5.56 Å². The third-order valence-electron chi connectivity index (χ3n) is 4.31. The molecule has 0 spiro atoms. The third kappa shape index (κ3) is 2.63. The van der Waals surface area contributed by atoms with Crippen LogP contribution in [0.3, 0.4) is 0 Å². The topological polar surface area (TPSA) is 29.5 Å². The van der Waals surface area contributed by atoms with Gasteiger partial charge in [-0.15, -0.1) is 0 Å². The number of nitrogens with zero attached hydrogens (tertiary/aromatic N) is 1. The highest BCUT2D eigenvalue weighted by atomic mass is 16.5. The molecule has 3 nitrogen and oxygen atoms in total. The molecule has 118 valence electrons. The van der Waals surface area contributed by atoms with Crippen LogP contribution in [0.4, 0.5) is 5.69 Å². The maximum absolute atomic E-state index is 12.6. The summed E-state index contributed by atoms with van der Waals surface area (Å²) in [7, 11) is 3.46. The predicted octanol–water partition coefficient (Wildman–Crippen LogP) is 4.34. The molecule has 2 aromatic carbocycles. The molecule has 1 heterocycles. The SMILES string of the molecule is COc1ccc(C(C)C)cc1/C=C1/C(=O)N(C)c2ccccc21. The number of ether oxygens (including phenoxy) is 1. The van der Waals surface area contributed by atoms with E-state index in [4.69, 9.17) is 4.74 Å². The Balaban J connectivity index is 2.15. The normalized spacial score (nSPS) is 15.4. The summed E-state index contributed by atoms with van der Waals surface area (Å²) in [6.07, 6.45) is 1.94. The van der Waals surface area contributed by atoms with Crippen LogP contribution in [0.15, 0.2) is 42.5 Å². The number of carbonyl (C=O) groups is 1. The van der Waals surface area contributed by atoms with Gasteiger partial charge in [-0.05, 0) is 35.8 Å². The zero-order chi connectivity index (χ0) is 16.6. The highest BCUT2D eigenvalue weighted by molar-refractivity contribution is 6.35. The van der Waals surface area contributed by atoms with Crippen LogP contribution >= 0.6 is 0 Å². The van der Waals surface area contributed by atoms with Crippen LogP contribution in [-0.2, 0) is 4.79 Å². The molecule has 1 aliphatic rings. The van der Waals surface area contributed by atoms with E-state index in [1.807, 2.05) is 43.5 Å². The van der Waals surface area contributed by atoms with Crippen molar-refractivity contribution in [2.24, 2.45) is 0 Å². The van der Waals surface area contributed by atoms with Crippen molar-refractivity contribution in [3.63, 3.8) is 0 Å². The Morgan fingerprint density at radius 3 is 2.57 bits per heavy atom. The quantitative estimate of drug-likeness (QED) is 0.790. The highest BCUT2D eigenvalue weighted by Crippen LogP contribution is 2.38. The number of amides is 1. The van der Waals surface area contributed by atoms with Gasteiger partial charge in [0.1, 0.15) is 5.75 Å². The summed E-state index contributed by atoms with van der Waals surface area (Å²) < 4.78 is 5.47. The van der Waals surface area contributed by atoms with Gasteiger partial charge in [-0.2, -0.15) is 0 Å². The van der Waals surface area contributed by atoms with Crippen molar-refractivity contribution in [3.8, 4) is 5.75 Å². The van der Waals surface area contributed by atoms with Gasteiger partial charge in [0.2, 0.25) is 0 Å². The summed E-state index contributed by atoms with van der Waals surface area (Å²) in [5.41, 5.74) is 4.79. The van der Waals surface area contributed by atoms with Crippen LogP contribution in [-0.4, -0.2) is 20.1 Å². The largest absolute Gasteiger partial charge is 0.496 e. The van der Waals surface area contributed by atoms with Crippen molar-refractivity contribution >= 4 is 23.2 Å². The first-order chi connectivity index (χ1) is 11.0. The van der Waals surface area contributed by atoms with Crippen LogP contribution in [0.5, 0.6) is 5.75 Å². The molecule has 3 heteroatoms. The fourth-order valence-corrected chi connectivity index (χ4v) is 2.92. The minimum absolute atomic E-state index is 0.0169. The first kappa shape index (κ1) is 15.3. The predicted molar refractivity (Wildman–Crippen MR) is 94.8 cm³/mol. The molecule has 1 amide bonds. The number of para-hydroxylation sites is 1. The van der Waals surface area contributed by atoms with Crippen molar-refractivity contribution in [2.45, 2.75) is 19.8 Å². The zero-order valence-corrected chi connectivity index (χ0v) is 14.0. The number of carbonyl (C=O) groups excluding carboxylic acids is 1. The third-order valence-corrected chi connectivity index (χ3v) is 4.31. The van der Waals surface area contributed by atoms with E-state index in [1.54, 1.807) is 12.0 Å². The van der Waals surface area contributed by atoms with Gasteiger partial charge in [0.05, 0.1) is 12.8 Å². The Morgan fingerprint density at radius 2 is 1.87 bits per heavy atom. The molecule has 2 aromatic rings. The number of hydrogen-bond donors (Lipinski definition) is 0. The van der Waals surface area contributed by atoms with E-state index < -0.39 is 0 Å². The van der Waals surface area contributed by atoms with Gasteiger partial charge >= 0.3 is 0 Å². The molecule has 0 aromatic heterocycles. The number of benzene rings is 2. The molecule has 0 aliphatic carbocycles. The average molecular weight is 307 g/mol. The minimum Gasteiger partial charge on any atom is -0.496 e. The molecule has 0 N–H and O–H groups in total. The smallest absolute Gasteiger partial charge is 0.258 e. The van der Waals surface area contributed by atoms with Crippen LogP contribution < -0.4 is 9.64 Å². The summed E-state index contributed by atoms with van der Waals surface area (Å²) in [4.78, 5) is 14.3. The molecule has 0 radical (unpaired) electrons. The van der Waals surface area contributed by atoms with Crippen molar-refractivity contribution in [1.82, 2.24) is 0 Å². The zero-order valence-electron chi connectivity index (χ0n) is 14.0. The van der Waals surface area contributed by atoms with E-state index >= 15 is 0 Å². The van der Waals surface area contributed by atoms with Crippen molar-refractivity contribution in [1.29, 1.82) is 0 Å². The van der Waals surface area contributed by atoms with Gasteiger partial charge in [0.25, 0.3) is 5.91 Å². The lowest BCUT2D eigenvalue weighted by atomic mass is 9.98. The molecule has 0 bridgehead atoms. The molecule has 0 unspecified atom stereocenters. The summed E-state index contributed by atoms with van der Waals surface area (Å²) in [5.74, 6) is 1.22. The van der Waals surface area contributed by atoms with Gasteiger partial charge in [0.15, 0.2) is 0 Å². The molecule has 3 rings (SSSR count). The molecule has 0 atom stereocenters. The van der Waals surface area contributed by atoms with Gasteiger partial charge in [-0.1, -0.05) is 38.1 Å². The number of fused-ring (bicyclic) bond motifs is 1. The standard InChI is InChI=1S/C20H21NO2/c1-13(2)14-9-10-19(23-4)15(11-14)12-17-16-7-5-6-8-18(16)21(3)20(17)22/h5-13H,1-4H3/b17-12+. The van der Waals surface area contributed by atoms with Gasteiger partial charge in [-0.3, -0.25) is 4.79 Å². The Labute approximate surface area is 137 Å². The minimum atomic E-state index is 0.0169. The summed E-state index contributed by atoms with van der Waals surface area (Å²) in [6, 6.07) is 14.0. The fraction of sp³-hybridized carbons (Fsp3) is 0.250. The summed E-state index contributed by atoms with van der Waals surface area (Å²) in [5, 5.41) is 0. The molecular weight excluding hydrogens is 286 g/mol. The van der Waals surface area contributed by atoms with Crippen LogP contribution in [0.1, 0.15) is 36.5 Å². The monoisotopic (exact) mass is 307 g/mol. The first-order valence-electron chi connectivity index (χ1n) is 7.80. The average Bonchev–Trinajstić information content (AvgIpc) is 2.80. The van der Waals surface area contributed by atoms with E-state index in [9.17, 15) is 4.79 Å². The second kappa shape index (κ2) is 5.92. The highest BCUT2D eigenvalue weighted by Gasteiger charge is 2.29. The lowest BCUT2D eigenvalue weighted by Gasteiger charge is -2.11. The second-order valence-corrected chi connectivity index (χ2v) is 6.10. The summed E-state index contributed by atoms with van der Waals surface area (Å²) in [6.45, 7) is 4.31. The van der Waals surface area contributed by atoms with Crippen LogP contribution in [0.25, 0.3) is 11.6 Å². The Bertz CT molecular complexity index is 790. The molecular formula is C20H21NO2. The van der Waals surface area contributed by atoms with Crippen LogP contribution in [0, 0.1) is 0 Å². The van der Waals surface area contributed by atoms with Gasteiger partial charge in [-0.25, -0.2) is 0 Å². The molecule has 0 saturated heterocycles. The fourth-order valence-electron chi connectivity index (χ4n) is 2.92. The Morgan fingerprint density at radius 1 is 1.13 bits per heavy atom. The maximum atomic E-state index is 12.6. The summed E-state index contributed by atoms with van der Waals surface area (Å²) >= 11 is 0. The number of likely N-dealkylation sites (N-methyl/N-ethyl adjacent to an activating group) is 1. The van der Waals surface area contributed by atoms with Gasteiger partial charge < -0.3 is 9.64 Å². The Hall–Kier alpha value is -2.55. The van der Waals surface area contributed by atoms with E-state index in [0.717, 1.165) is 22.6 Å². The second-order valence-electron chi connectivity index (χ2n) is 6.10. The molecule has 23 heavy (non-hydrogen) atoms.